The molecule has 1 aromatic heterocycles. The van der Waals surface area contributed by atoms with E-state index in [2.05, 4.69) is 21.6 Å². The smallest absolute Gasteiger partial charge is 0.234 e. The molecule has 8 heteroatoms. The van der Waals surface area contributed by atoms with Crippen LogP contribution < -0.4 is 10.1 Å². The number of amides is 1. The van der Waals surface area contributed by atoms with Crippen LogP contribution in [0.2, 0.25) is 5.02 Å². The summed E-state index contributed by atoms with van der Waals surface area (Å²) in [5, 5.41) is 12.7. The zero-order chi connectivity index (χ0) is 20.8. The molecular formula is C21H23ClN4O2S. The highest BCUT2D eigenvalue weighted by molar-refractivity contribution is 7.99. The van der Waals surface area contributed by atoms with Crippen LogP contribution >= 0.6 is 23.4 Å². The van der Waals surface area contributed by atoms with Crippen LogP contribution in [-0.2, 0) is 11.3 Å². The largest absolute Gasteiger partial charge is 0.492 e. The molecule has 152 valence electrons. The fourth-order valence-corrected chi connectivity index (χ4v) is 3.85. The van der Waals surface area contributed by atoms with Gasteiger partial charge in [0.25, 0.3) is 0 Å². The van der Waals surface area contributed by atoms with Crippen LogP contribution in [0, 0.1) is 6.92 Å². The van der Waals surface area contributed by atoms with Crippen molar-refractivity contribution in [1.82, 2.24) is 14.8 Å². The highest BCUT2D eigenvalue weighted by Gasteiger charge is 2.15. The third kappa shape index (κ3) is 5.31. The van der Waals surface area contributed by atoms with Crippen molar-refractivity contribution in [3.05, 3.63) is 53.1 Å². The Balaban J connectivity index is 1.71. The number of benzene rings is 2. The maximum atomic E-state index is 12.5. The quantitative estimate of drug-likeness (QED) is 0.506. The van der Waals surface area contributed by atoms with Crippen LogP contribution in [0.1, 0.15) is 19.4 Å². The summed E-state index contributed by atoms with van der Waals surface area (Å²) in [7, 11) is 0. The molecule has 6 nitrogen and oxygen atoms in total. The van der Waals surface area contributed by atoms with Crippen molar-refractivity contribution >= 4 is 35.0 Å². The Bertz CT molecular complexity index is 1010. The minimum absolute atomic E-state index is 0.166. The van der Waals surface area contributed by atoms with Gasteiger partial charge in [-0.15, -0.1) is 10.2 Å². The normalized spacial score (nSPS) is 10.8. The van der Waals surface area contributed by atoms with Gasteiger partial charge in [-0.25, -0.2) is 0 Å². The summed E-state index contributed by atoms with van der Waals surface area (Å²) < 4.78 is 7.56. The zero-order valence-corrected chi connectivity index (χ0v) is 18.2. The number of halogens is 1. The molecule has 1 heterocycles. The second-order valence-electron chi connectivity index (χ2n) is 6.33. The van der Waals surface area contributed by atoms with Gasteiger partial charge in [0, 0.05) is 17.1 Å². The predicted octanol–water partition coefficient (Wildman–Crippen LogP) is 5.06. The molecule has 0 spiro atoms. The number of ether oxygens (including phenoxy) is 1. The Kier molecular flexibility index (Phi) is 7.17. The monoisotopic (exact) mass is 430 g/mol. The van der Waals surface area contributed by atoms with Gasteiger partial charge in [-0.2, -0.15) is 0 Å². The van der Waals surface area contributed by atoms with Crippen molar-refractivity contribution in [2.45, 2.75) is 32.5 Å². The number of carbonyl (C=O) groups is 1. The van der Waals surface area contributed by atoms with Crippen LogP contribution in [0.15, 0.2) is 47.6 Å². The van der Waals surface area contributed by atoms with E-state index in [0.29, 0.717) is 34.8 Å². The summed E-state index contributed by atoms with van der Waals surface area (Å²) in [6, 6.07) is 13.3. The van der Waals surface area contributed by atoms with E-state index >= 15 is 0 Å². The molecule has 0 saturated heterocycles. The molecule has 3 rings (SSSR count). The van der Waals surface area contributed by atoms with E-state index in [0.717, 1.165) is 17.0 Å². The third-order valence-corrected chi connectivity index (χ3v) is 5.36. The van der Waals surface area contributed by atoms with Gasteiger partial charge < -0.3 is 14.6 Å². The van der Waals surface area contributed by atoms with Crippen molar-refractivity contribution in [2.24, 2.45) is 0 Å². The van der Waals surface area contributed by atoms with E-state index in [1.807, 2.05) is 43.5 Å². The summed E-state index contributed by atoms with van der Waals surface area (Å²) in [6.45, 7) is 7.18. The molecule has 1 amide bonds. The molecule has 29 heavy (non-hydrogen) atoms. The lowest BCUT2D eigenvalue weighted by Crippen LogP contribution is -2.15. The van der Waals surface area contributed by atoms with Crippen LogP contribution in [0.4, 0.5) is 5.69 Å². The number of aryl methyl sites for hydroxylation is 1. The number of nitrogens with zero attached hydrogens (tertiary/aromatic N) is 3. The first-order valence-electron chi connectivity index (χ1n) is 9.37. The molecule has 0 radical (unpaired) electrons. The molecule has 0 atom stereocenters. The van der Waals surface area contributed by atoms with Gasteiger partial charge in [-0.1, -0.05) is 47.1 Å². The molecule has 1 N–H and O–H groups in total. The number of hydrogen-bond acceptors (Lipinski definition) is 5. The lowest BCUT2D eigenvalue weighted by molar-refractivity contribution is -0.113. The Labute approximate surface area is 179 Å². The Morgan fingerprint density at radius 2 is 2.03 bits per heavy atom. The number of aromatic nitrogens is 3. The summed E-state index contributed by atoms with van der Waals surface area (Å²) in [5.41, 5.74) is 2.73. The second-order valence-corrected chi connectivity index (χ2v) is 7.71. The number of carbonyl (C=O) groups excluding carboxylic acids is 1. The number of hydrogen-bond donors (Lipinski definition) is 1. The SMILES string of the molecule is CCOc1ccc(Cl)cc1NC(=O)CSc1nnc(-c2cccc(C)c2)n1CC. The number of rotatable bonds is 8. The molecule has 0 aliphatic carbocycles. The highest BCUT2D eigenvalue weighted by atomic mass is 35.5. The third-order valence-electron chi connectivity index (χ3n) is 4.16. The molecule has 0 aliphatic rings. The first-order valence-corrected chi connectivity index (χ1v) is 10.7. The van der Waals surface area contributed by atoms with Crippen molar-refractivity contribution < 1.29 is 9.53 Å². The summed E-state index contributed by atoms with van der Waals surface area (Å²) in [4.78, 5) is 12.5. The fourth-order valence-electron chi connectivity index (χ4n) is 2.88. The minimum Gasteiger partial charge on any atom is -0.492 e. The molecule has 3 aromatic rings. The first-order chi connectivity index (χ1) is 14.0. The predicted molar refractivity (Wildman–Crippen MR) is 118 cm³/mol. The topological polar surface area (TPSA) is 69.0 Å². The van der Waals surface area contributed by atoms with Gasteiger partial charge in [0.15, 0.2) is 11.0 Å². The lowest BCUT2D eigenvalue weighted by Gasteiger charge is -2.12. The van der Waals surface area contributed by atoms with Gasteiger partial charge in [-0.05, 0) is 45.0 Å². The maximum Gasteiger partial charge on any atom is 0.234 e. The summed E-state index contributed by atoms with van der Waals surface area (Å²) in [5.74, 6) is 1.42. The Hall–Kier alpha value is -2.51. The van der Waals surface area contributed by atoms with Crippen LogP contribution in [0.25, 0.3) is 11.4 Å². The Morgan fingerprint density at radius 1 is 1.21 bits per heavy atom. The molecule has 0 fully saturated rings. The van der Waals surface area contributed by atoms with Crippen LogP contribution in [0.5, 0.6) is 5.75 Å². The van der Waals surface area contributed by atoms with E-state index < -0.39 is 0 Å². The van der Waals surface area contributed by atoms with Gasteiger partial charge in [0.05, 0.1) is 18.0 Å². The summed E-state index contributed by atoms with van der Waals surface area (Å²) in [6.07, 6.45) is 0. The standard InChI is InChI=1S/C21H23ClN4O2S/c1-4-26-20(15-8-6-7-14(3)11-15)24-25-21(26)29-13-19(27)23-17-12-16(22)9-10-18(17)28-5-2/h6-12H,4-5,13H2,1-3H3,(H,23,27). The number of nitrogens with one attached hydrogen (secondary N) is 1. The molecule has 0 unspecified atom stereocenters. The second kappa shape index (κ2) is 9.80. The Morgan fingerprint density at radius 3 is 2.76 bits per heavy atom. The van der Waals surface area contributed by atoms with Gasteiger partial charge in [-0.3, -0.25) is 4.79 Å². The average molecular weight is 431 g/mol. The van der Waals surface area contributed by atoms with Crippen molar-refractivity contribution in [3.8, 4) is 17.1 Å². The van der Waals surface area contributed by atoms with Crippen LogP contribution in [-0.4, -0.2) is 33.0 Å². The van der Waals surface area contributed by atoms with E-state index in [4.69, 9.17) is 16.3 Å². The molecule has 0 aliphatic heterocycles. The van der Waals surface area contributed by atoms with Crippen LogP contribution in [0.3, 0.4) is 0 Å². The van der Waals surface area contributed by atoms with E-state index in [9.17, 15) is 4.79 Å². The maximum absolute atomic E-state index is 12.5. The van der Waals surface area contributed by atoms with E-state index in [1.165, 1.54) is 11.8 Å². The molecule has 2 aromatic carbocycles. The average Bonchev–Trinajstić information content (AvgIpc) is 3.11. The summed E-state index contributed by atoms with van der Waals surface area (Å²) >= 11 is 7.40. The first kappa shape index (κ1) is 21.2. The molecule has 0 saturated carbocycles. The van der Waals surface area contributed by atoms with Gasteiger partial charge >= 0.3 is 0 Å². The minimum atomic E-state index is -0.166. The lowest BCUT2D eigenvalue weighted by atomic mass is 10.1. The molecular weight excluding hydrogens is 408 g/mol. The highest BCUT2D eigenvalue weighted by Crippen LogP contribution is 2.29. The molecule has 0 bridgehead atoms. The van der Waals surface area contributed by atoms with Crippen molar-refractivity contribution in [1.29, 1.82) is 0 Å². The zero-order valence-electron chi connectivity index (χ0n) is 16.6. The van der Waals surface area contributed by atoms with Gasteiger partial charge in [0.2, 0.25) is 5.91 Å². The van der Waals surface area contributed by atoms with E-state index in [-0.39, 0.29) is 11.7 Å². The van der Waals surface area contributed by atoms with E-state index in [1.54, 1.807) is 18.2 Å². The number of anilines is 1. The van der Waals surface area contributed by atoms with Crippen molar-refractivity contribution in [3.63, 3.8) is 0 Å². The van der Waals surface area contributed by atoms with Gasteiger partial charge in [0.1, 0.15) is 5.75 Å². The fraction of sp³-hybridized carbons (Fsp3) is 0.286. The number of thioether (sulfide) groups is 1. The van der Waals surface area contributed by atoms with Crippen molar-refractivity contribution in [2.75, 3.05) is 17.7 Å².